The van der Waals surface area contributed by atoms with Gasteiger partial charge in [0.05, 0.1) is 18.2 Å². The Hall–Kier alpha value is -1.47. The molecule has 96 valence electrons. The standard InChI is InChI=1S/C14H17NO2S/c1-3-13(14(16)17-4-2)18-10-12-7-5-6-11(8-12)9-15/h5-8,13H,3-4,10H2,1-2H3. The van der Waals surface area contributed by atoms with Gasteiger partial charge in [-0.2, -0.15) is 5.26 Å². The van der Waals surface area contributed by atoms with Gasteiger partial charge in [0, 0.05) is 5.75 Å². The Balaban J connectivity index is 2.57. The van der Waals surface area contributed by atoms with Crippen LogP contribution < -0.4 is 0 Å². The summed E-state index contributed by atoms with van der Waals surface area (Å²) in [6, 6.07) is 9.56. The molecule has 1 atom stereocenters. The van der Waals surface area contributed by atoms with E-state index in [-0.39, 0.29) is 11.2 Å². The molecule has 3 nitrogen and oxygen atoms in total. The van der Waals surface area contributed by atoms with Crippen molar-refractivity contribution >= 4 is 17.7 Å². The molecule has 0 aliphatic rings. The smallest absolute Gasteiger partial charge is 0.319 e. The number of nitrogens with zero attached hydrogens (tertiary/aromatic N) is 1. The van der Waals surface area contributed by atoms with Crippen LogP contribution in [0.15, 0.2) is 24.3 Å². The monoisotopic (exact) mass is 263 g/mol. The minimum atomic E-state index is -0.151. The van der Waals surface area contributed by atoms with Crippen LogP contribution in [0.5, 0.6) is 0 Å². The predicted octanol–water partition coefficient (Wildman–Crippen LogP) is 3.13. The maximum absolute atomic E-state index is 11.6. The summed E-state index contributed by atoms with van der Waals surface area (Å²) in [7, 11) is 0. The van der Waals surface area contributed by atoms with Gasteiger partial charge in [-0.25, -0.2) is 0 Å². The number of benzene rings is 1. The molecule has 1 aromatic rings. The van der Waals surface area contributed by atoms with Crippen LogP contribution in [0.4, 0.5) is 0 Å². The summed E-state index contributed by atoms with van der Waals surface area (Å²) in [5, 5.41) is 8.68. The van der Waals surface area contributed by atoms with E-state index in [2.05, 4.69) is 6.07 Å². The minimum Gasteiger partial charge on any atom is -0.465 e. The largest absolute Gasteiger partial charge is 0.465 e. The summed E-state index contributed by atoms with van der Waals surface area (Å²) < 4.78 is 5.02. The first-order valence-corrected chi connectivity index (χ1v) is 7.03. The Kier molecular flexibility index (Phi) is 6.31. The highest BCUT2D eigenvalue weighted by Gasteiger charge is 2.17. The fourth-order valence-corrected chi connectivity index (χ4v) is 2.53. The fraction of sp³-hybridized carbons (Fsp3) is 0.429. The van der Waals surface area contributed by atoms with Crippen LogP contribution in [0.25, 0.3) is 0 Å². The van der Waals surface area contributed by atoms with Gasteiger partial charge in [-0.15, -0.1) is 11.8 Å². The van der Waals surface area contributed by atoms with Crippen molar-refractivity contribution in [2.75, 3.05) is 6.61 Å². The molecule has 1 unspecified atom stereocenters. The van der Waals surface area contributed by atoms with E-state index in [0.717, 1.165) is 12.0 Å². The number of thioether (sulfide) groups is 1. The molecule has 0 fully saturated rings. The molecule has 0 radical (unpaired) electrons. The van der Waals surface area contributed by atoms with Gasteiger partial charge in [-0.1, -0.05) is 19.1 Å². The third-order valence-electron chi connectivity index (χ3n) is 2.43. The van der Waals surface area contributed by atoms with Crippen molar-refractivity contribution in [2.24, 2.45) is 0 Å². The van der Waals surface area contributed by atoms with E-state index in [1.165, 1.54) is 0 Å². The lowest BCUT2D eigenvalue weighted by molar-refractivity contribution is -0.142. The van der Waals surface area contributed by atoms with E-state index >= 15 is 0 Å². The number of esters is 1. The highest BCUT2D eigenvalue weighted by molar-refractivity contribution is 7.99. The molecule has 0 aliphatic carbocycles. The minimum absolute atomic E-state index is 0.129. The second-order valence-corrected chi connectivity index (χ2v) is 4.96. The van der Waals surface area contributed by atoms with Crippen molar-refractivity contribution in [3.8, 4) is 6.07 Å². The predicted molar refractivity (Wildman–Crippen MR) is 73.2 cm³/mol. The van der Waals surface area contributed by atoms with E-state index in [0.29, 0.717) is 17.9 Å². The van der Waals surface area contributed by atoms with Crippen LogP contribution in [-0.4, -0.2) is 17.8 Å². The van der Waals surface area contributed by atoms with Gasteiger partial charge in [0.25, 0.3) is 0 Å². The summed E-state index contributed by atoms with van der Waals surface area (Å²) in [5.74, 6) is 0.564. The van der Waals surface area contributed by atoms with Crippen molar-refractivity contribution in [1.29, 1.82) is 5.26 Å². The molecule has 0 N–H and O–H groups in total. The number of hydrogen-bond acceptors (Lipinski definition) is 4. The second-order valence-electron chi connectivity index (χ2n) is 3.77. The zero-order chi connectivity index (χ0) is 13.4. The highest BCUT2D eigenvalue weighted by Crippen LogP contribution is 2.22. The van der Waals surface area contributed by atoms with E-state index in [9.17, 15) is 4.79 Å². The molecule has 0 aromatic heterocycles. The molecule has 0 spiro atoms. The maximum Gasteiger partial charge on any atom is 0.319 e. The Labute approximate surface area is 112 Å². The number of ether oxygens (including phenoxy) is 1. The van der Waals surface area contributed by atoms with Gasteiger partial charge in [-0.3, -0.25) is 4.79 Å². The zero-order valence-electron chi connectivity index (χ0n) is 10.7. The SMILES string of the molecule is CCOC(=O)C(CC)SCc1cccc(C#N)c1. The summed E-state index contributed by atoms with van der Waals surface area (Å²) in [5.41, 5.74) is 1.71. The Morgan fingerprint density at radius 2 is 2.28 bits per heavy atom. The van der Waals surface area contributed by atoms with Crippen molar-refractivity contribution in [3.63, 3.8) is 0 Å². The van der Waals surface area contributed by atoms with E-state index in [1.807, 2.05) is 32.0 Å². The van der Waals surface area contributed by atoms with Crippen LogP contribution >= 0.6 is 11.8 Å². The number of carbonyl (C=O) groups excluding carboxylic acids is 1. The first-order chi connectivity index (χ1) is 8.71. The van der Waals surface area contributed by atoms with E-state index < -0.39 is 0 Å². The zero-order valence-corrected chi connectivity index (χ0v) is 11.5. The van der Waals surface area contributed by atoms with Crippen molar-refractivity contribution in [1.82, 2.24) is 0 Å². The average molecular weight is 263 g/mol. The lowest BCUT2D eigenvalue weighted by Gasteiger charge is -2.13. The van der Waals surface area contributed by atoms with Crippen LogP contribution in [0, 0.1) is 11.3 Å². The van der Waals surface area contributed by atoms with Crippen LogP contribution in [0.3, 0.4) is 0 Å². The third-order valence-corrected chi connectivity index (χ3v) is 3.86. The maximum atomic E-state index is 11.6. The van der Waals surface area contributed by atoms with E-state index in [1.54, 1.807) is 17.8 Å². The van der Waals surface area contributed by atoms with E-state index in [4.69, 9.17) is 10.00 Å². The lowest BCUT2D eigenvalue weighted by atomic mass is 10.2. The molecule has 0 heterocycles. The molecule has 0 amide bonds. The van der Waals surface area contributed by atoms with Gasteiger partial charge in [0.15, 0.2) is 0 Å². The molecule has 0 saturated carbocycles. The molecule has 18 heavy (non-hydrogen) atoms. The molecular weight excluding hydrogens is 246 g/mol. The topological polar surface area (TPSA) is 50.1 Å². The molecule has 4 heteroatoms. The number of rotatable bonds is 6. The van der Waals surface area contributed by atoms with Gasteiger partial charge in [0.2, 0.25) is 0 Å². The third kappa shape index (κ3) is 4.42. The van der Waals surface area contributed by atoms with Crippen molar-refractivity contribution in [2.45, 2.75) is 31.3 Å². The first kappa shape index (κ1) is 14.6. The quantitative estimate of drug-likeness (QED) is 0.740. The van der Waals surface area contributed by atoms with Gasteiger partial charge in [0.1, 0.15) is 5.25 Å². The Morgan fingerprint density at radius 1 is 1.50 bits per heavy atom. The van der Waals surface area contributed by atoms with Crippen LogP contribution in [-0.2, 0) is 15.3 Å². The number of carbonyl (C=O) groups is 1. The van der Waals surface area contributed by atoms with Gasteiger partial charge in [-0.05, 0) is 31.0 Å². The second kappa shape index (κ2) is 7.78. The molecule has 0 aliphatic heterocycles. The number of nitriles is 1. The fourth-order valence-electron chi connectivity index (χ4n) is 1.52. The lowest BCUT2D eigenvalue weighted by Crippen LogP contribution is -2.19. The number of hydrogen-bond donors (Lipinski definition) is 0. The summed E-state index contributed by atoms with van der Waals surface area (Å²) >= 11 is 1.56. The summed E-state index contributed by atoms with van der Waals surface area (Å²) in [6.45, 7) is 4.20. The van der Waals surface area contributed by atoms with Crippen molar-refractivity contribution < 1.29 is 9.53 Å². The van der Waals surface area contributed by atoms with Gasteiger partial charge < -0.3 is 4.74 Å². The molecule has 0 bridgehead atoms. The van der Waals surface area contributed by atoms with Gasteiger partial charge >= 0.3 is 5.97 Å². The first-order valence-electron chi connectivity index (χ1n) is 5.98. The molecule has 1 rings (SSSR count). The Bertz CT molecular complexity index is 440. The average Bonchev–Trinajstić information content (AvgIpc) is 2.40. The van der Waals surface area contributed by atoms with Crippen molar-refractivity contribution in [3.05, 3.63) is 35.4 Å². The molecule has 1 aromatic carbocycles. The Morgan fingerprint density at radius 3 is 2.89 bits per heavy atom. The normalized spacial score (nSPS) is 11.6. The summed E-state index contributed by atoms with van der Waals surface area (Å²) in [4.78, 5) is 11.6. The van der Waals surface area contributed by atoms with Crippen LogP contribution in [0.1, 0.15) is 31.4 Å². The highest BCUT2D eigenvalue weighted by atomic mass is 32.2. The van der Waals surface area contributed by atoms with Crippen LogP contribution in [0.2, 0.25) is 0 Å². The molecular formula is C14H17NO2S. The summed E-state index contributed by atoms with van der Waals surface area (Å²) in [6.07, 6.45) is 0.751. The molecule has 0 saturated heterocycles.